The SMILES string of the molecule is CC(Oc1ccc(Cl)cc1-c1cc(C2CC2)on1)C(=O)O. The number of hydrogen-bond acceptors (Lipinski definition) is 4. The van der Waals surface area contributed by atoms with Crippen molar-refractivity contribution in [1.82, 2.24) is 5.16 Å². The number of halogens is 1. The smallest absolute Gasteiger partial charge is 0.344 e. The molecule has 0 radical (unpaired) electrons. The van der Waals surface area contributed by atoms with E-state index in [4.69, 9.17) is 26.0 Å². The second-order valence-electron chi connectivity index (χ2n) is 5.13. The molecule has 1 aromatic heterocycles. The molecule has 110 valence electrons. The third-order valence-corrected chi connectivity index (χ3v) is 3.61. The first-order valence-corrected chi connectivity index (χ1v) is 7.08. The van der Waals surface area contributed by atoms with Crippen molar-refractivity contribution in [3.05, 3.63) is 35.0 Å². The van der Waals surface area contributed by atoms with Crippen LogP contribution in [0.15, 0.2) is 28.8 Å². The minimum absolute atomic E-state index is 0.421. The van der Waals surface area contributed by atoms with E-state index in [1.165, 1.54) is 6.92 Å². The molecule has 0 bridgehead atoms. The predicted octanol–water partition coefficient (Wildman–Crippen LogP) is 3.72. The van der Waals surface area contributed by atoms with Gasteiger partial charge in [-0.25, -0.2) is 4.79 Å². The lowest BCUT2D eigenvalue weighted by Crippen LogP contribution is -2.23. The summed E-state index contributed by atoms with van der Waals surface area (Å²) in [6.07, 6.45) is 1.27. The van der Waals surface area contributed by atoms with E-state index in [2.05, 4.69) is 5.16 Å². The van der Waals surface area contributed by atoms with Crippen LogP contribution in [-0.4, -0.2) is 22.3 Å². The molecule has 0 amide bonds. The molecule has 1 aliphatic rings. The van der Waals surface area contributed by atoms with E-state index in [0.29, 0.717) is 27.9 Å². The van der Waals surface area contributed by atoms with E-state index in [-0.39, 0.29) is 0 Å². The standard InChI is InChI=1S/C15H14ClNO4/c1-8(15(18)19)20-13-5-4-10(16)6-11(13)12-7-14(21-17-12)9-2-3-9/h4-9H,2-3H2,1H3,(H,18,19). The van der Waals surface area contributed by atoms with Gasteiger partial charge in [0.1, 0.15) is 17.2 Å². The van der Waals surface area contributed by atoms with E-state index in [1.54, 1.807) is 18.2 Å². The molecule has 0 aliphatic heterocycles. The van der Waals surface area contributed by atoms with Crippen molar-refractivity contribution in [1.29, 1.82) is 0 Å². The topological polar surface area (TPSA) is 72.6 Å². The number of ether oxygens (including phenoxy) is 1. The van der Waals surface area contributed by atoms with Gasteiger partial charge in [0.2, 0.25) is 0 Å². The summed E-state index contributed by atoms with van der Waals surface area (Å²) in [5, 5.41) is 13.5. The van der Waals surface area contributed by atoms with Crippen molar-refractivity contribution in [3.8, 4) is 17.0 Å². The first-order valence-electron chi connectivity index (χ1n) is 6.70. The zero-order valence-electron chi connectivity index (χ0n) is 11.4. The molecule has 21 heavy (non-hydrogen) atoms. The van der Waals surface area contributed by atoms with Crippen molar-refractivity contribution in [2.45, 2.75) is 31.8 Å². The Labute approximate surface area is 126 Å². The monoisotopic (exact) mass is 307 g/mol. The van der Waals surface area contributed by atoms with Crippen LogP contribution in [0.25, 0.3) is 11.3 Å². The van der Waals surface area contributed by atoms with Crippen molar-refractivity contribution >= 4 is 17.6 Å². The normalized spacial score (nSPS) is 15.7. The first kappa shape index (κ1) is 13.9. The molecule has 1 aliphatic carbocycles. The Morgan fingerprint density at radius 2 is 2.24 bits per heavy atom. The second-order valence-corrected chi connectivity index (χ2v) is 5.56. The maximum atomic E-state index is 10.9. The van der Waals surface area contributed by atoms with Gasteiger partial charge in [-0.15, -0.1) is 0 Å². The summed E-state index contributed by atoms with van der Waals surface area (Å²) in [5.74, 6) is 0.689. The van der Waals surface area contributed by atoms with Gasteiger partial charge < -0.3 is 14.4 Å². The fourth-order valence-electron chi connectivity index (χ4n) is 2.02. The van der Waals surface area contributed by atoms with Crippen LogP contribution in [0.1, 0.15) is 31.4 Å². The van der Waals surface area contributed by atoms with E-state index in [9.17, 15) is 4.79 Å². The molecule has 5 nitrogen and oxygen atoms in total. The number of carboxylic acid groups (broad SMARTS) is 1. The molecule has 1 fully saturated rings. The van der Waals surface area contributed by atoms with Gasteiger partial charge in [-0.3, -0.25) is 0 Å². The molecule has 1 unspecified atom stereocenters. The molecule has 0 saturated heterocycles. The molecule has 1 N–H and O–H groups in total. The van der Waals surface area contributed by atoms with Crippen molar-refractivity contribution in [2.24, 2.45) is 0 Å². The van der Waals surface area contributed by atoms with Gasteiger partial charge in [-0.2, -0.15) is 0 Å². The van der Waals surface area contributed by atoms with Crippen LogP contribution in [0.2, 0.25) is 5.02 Å². The Balaban J connectivity index is 1.94. The van der Waals surface area contributed by atoms with Gasteiger partial charge in [-0.05, 0) is 38.0 Å². The summed E-state index contributed by atoms with van der Waals surface area (Å²) in [7, 11) is 0. The van der Waals surface area contributed by atoms with Gasteiger partial charge in [0, 0.05) is 22.6 Å². The van der Waals surface area contributed by atoms with E-state index in [0.717, 1.165) is 18.6 Å². The van der Waals surface area contributed by atoms with Crippen LogP contribution in [0.4, 0.5) is 0 Å². The Morgan fingerprint density at radius 3 is 2.90 bits per heavy atom. The summed E-state index contributed by atoms with van der Waals surface area (Å²) >= 11 is 6.02. The number of benzene rings is 1. The van der Waals surface area contributed by atoms with Crippen LogP contribution in [0, 0.1) is 0 Å². The van der Waals surface area contributed by atoms with Gasteiger partial charge in [0.05, 0.1) is 0 Å². The largest absolute Gasteiger partial charge is 0.479 e. The average molecular weight is 308 g/mol. The minimum Gasteiger partial charge on any atom is -0.479 e. The zero-order chi connectivity index (χ0) is 15.0. The van der Waals surface area contributed by atoms with Gasteiger partial charge in [-0.1, -0.05) is 16.8 Å². The Hall–Kier alpha value is -2.01. The highest BCUT2D eigenvalue weighted by Gasteiger charge is 2.28. The summed E-state index contributed by atoms with van der Waals surface area (Å²) in [6, 6.07) is 6.85. The first-order chi connectivity index (χ1) is 10.0. The van der Waals surface area contributed by atoms with Crippen molar-refractivity contribution in [3.63, 3.8) is 0 Å². The lowest BCUT2D eigenvalue weighted by atomic mass is 10.1. The van der Waals surface area contributed by atoms with Crippen LogP contribution in [0.5, 0.6) is 5.75 Å². The Kier molecular flexibility index (Phi) is 3.59. The lowest BCUT2D eigenvalue weighted by molar-refractivity contribution is -0.144. The quantitative estimate of drug-likeness (QED) is 0.911. The summed E-state index contributed by atoms with van der Waals surface area (Å²) in [6.45, 7) is 1.47. The van der Waals surface area contributed by atoms with E-state index in [1.807, 2.05) is 6.07 Å². The number of nitrogens with zero attached hydrogens (tertiary/aromatic N) is 1. The number of rotatable bonds is 5. The number of carboxylic acids is 1. The Morgan fingerprint density at radius 1 is 1.48 bits per heavy atom. The number of hydrogen-bond donors (Lipinski definition) is 1. The molecular weight excluding hydrogens is 294 g/mol. The molecule has 2 aromatic rings. The van der Waals surface area contributed by atoms with Gasteiger partial charge in [0.15, 0.2) is 6.10 Å². The lowest BCUT2D eigenvalue weighted by Gasteiger charge is -2.13. The minimum atomic E-state index is -1.03. The van der Waals surface area contributed by atoms with Crippen LogP contribution in [0.3, 0.4) is 0 Å². The molecule has 1 atom stereocenters. The number of aromatic nitrogens is 1. The molecule has 0 spiro atoms. The fourth-order valence-corrected chi connectivity index (χ4v) is 2.19. The molecule has 1 aromatic carbocycles. The molecule has 1 saturated carbocycles. The third kappa shape index (κ3) is 3.03. The highest BCUT2D eigenvalue weighted by molar-refractivity contribution is 6.30. The maximum Gasteiger partial charge on any atom is 0.344 e. The highest BCUT2D eigenvalue weighted by Crippen LogP contribution is 2.42. The van der Waals surface area contributed by atoms with Crippen LogP contribution in [-0.2, 0) is 4.79 Å². The van der Waals surface area contributed by atoms with Gasteiger partial charge >= 0.3 is 5.97 Å². The number of carbonyl (C=O) groups is 1. The van der Waals surface area contributed by atoms with E-state index < -0.39 is 12.1 Å². The molecule has 3 rings (SSSR count). The third-order valence-electron chi connectivity index (χ3n) is 3.38. The summed E-state index contributed by atoms with van der Waals surface area (Å²) in [4.78, 5) is 10.9. The highest BCUT2D eigenvalue weighted by atomic mass is 35.5. The van der Waals surface area contributed by atoms with Crippen LogP contribution < -0.4 is 4.74 Å². The fraction of sp³-hybridized carbons (Fsp3) is 0.333. The second kappa shape index (κ2) is 5.41. The summed E-state index contributed by atoms with van der Waals surface area (Å²) in [5.41, 5.74) is 1.23. The molecule has 6 heteroatoms. The van der Waals surface area contributed by atoms with Gasteiger partial charge in [0.25, 0.3) is 0 Å². The van der Waals surface area contributed by atoms with Crippen LogP contribution >= 0.6 is 11.6 Å². The van der Waals surface area contributed by atoms with Crippen molar-refractivity contribution in [2.75, 3.05) is 0 Å². The zero-order valence-corrected chi connectivity index (χ0v) is 12.1. The average Bonchev–Trinajstić information content (AvgIpc) is 3.18. The summed E-state index contributed by atoms with van der Waals surface area (Å²) < 4.78 is 10.8. The molecular formula is C15H14ClNO4. The maximum absolute atomic E-state index is 10.9. The number of aliphatic carboxylic acids is 1. The predicted molar refractivity (Wildman–Crippen MR) is 76.6 cm³/mol. The van der Waals surface area contributed by atoms with Crippen molar-refractivity contribution < 1.29 is 19.2 Å². The molecule has 1 heterocycles. The Bertz CT molecular complexity index is 678. The van der Waals surface area contributed by atoms with E-state index >= 15 is 0 Å².